The van der Waals surface area contributed by atoms with Crippen molar-refractivity contribution in [1.82, 2.24) is 19.9 Å². The van der Waals surface area contributed by atoms with Gasteiger partial charge in [-0.25, -0.2) is 9.97 Å². The second kappa shape index (κ2) is 10.8. The molecule has 8 nitrogen and oxygen atoms in total. The van der Waals surface area contributed by atoms with E-state index in [1.54, 1.807) is 19.5 Å². The highest BCUT2D eigenvalue weighted by Crippen LogP contribution is 2.30. The second-order valence-electron chi connectivity index (χ2n) is 7.93. The number of para-hydroxylation sites is 2. The molecule has 1 fully saturated rings. The van der Waals surface area contributed by atoms with Crippen LogP contribution in [0, 0.1) is 0 Å². The first-order valence-corrected chi connectivity index (χ1v) is 11.3. The largest absolute Gasteiger partial charge is 0.493 e. The van der Waals surface area contributed by atoms with Crippen molar-refractivity contribution in [2.75, 3.05) is 25.5 Å². The zero-order valence-electron chi connectivity index (χ0n) is 19.0. The van der Waals surface area contributed by atoms with Gasteiger partial charge in [-0.3, -0.25) is 9.78 Å². The van der Waals surface area contributed by atoms with Gasteiger partial charge in [-0.2, -0.15) is 0 Å². The van der Waals surface area contributed by atoms with Crippen LogP contribution in [-0.4, -0.2) is 52.1 Å². The maximum atomic E-state index is 13.1. The van der Waals surface area contributed by atoms with Crippen LogP contribution in [-0.2, 0) is 4.79 Å². The first-order chi connectivity index (χ1) is 16.2. The Kier molecular flexibility index (Phi) is 7.34. The molecular weight excluding hydrogens is 418 g/mol. The van der Waals surface area contributed by atoms with Crippen molar-refractivity contribution in [3.05, 3.63) is 66.7 Å². The first-order valence-electron chi connectivity index (χ1n) is 11.3. The Morgan fingerprint density at radius 3 is 2.55 bits per heavy atom. The lowest BCUT2D eigenvalue weighted by Gasteiger charge is -2.34. The van der Waals surface area contributed by atoms with E-state index in [0.29, 0.717) is 36.8 Å². The lowest BCUT2D eigenvalue weighted by atomic mass is 9.93. The molecule has 1 saturated heterocycles. The Hall–Kier alpha value is -3.68. The zero-order valence-corrected chi connectivity index (χ0v) is 19.0. The normalized spacial score (nSPS) is 15.0. The molecule has 3 aromatic rings. The molecule has 4 rings (SSSR count). The van der Waals surface area contributed by atoms with Crippen LogP contribution in [0.4, 0.5) is 11.6 Å². The summed E-state index contributed by atoms with van der Waals surface area (Å²) in [4.78, 5) is 28.4. The molecule has 0 radical (unpaired) electrons. The van der Waals surface area contributed by atoms with Gasteiger partial charge in [0.15, 0.2) is 17.6 Å². The zero-order chi connectivity index (χ0) is 23.0. The van der Waals surface area contributed by atoms with E-state index < -0.39 is 6.10 Å². The Labute approximate surface area is 194 Å². The van der Waals surface area contributed by atoms with E-state index in [1.807, 2.05) is 60.5 Å². The van der Waals surface area contributed by atoms with Crippen LogP contribution in [0.2, 0.25) is 0 Å². The van der Waals surface area contributed by atoms with Crippen molar-refractivity contribution in [2.45, 2.75) is 38.2 Å². The van der Waals surface area contributed by atoms with E-state index in [2.05, 4.69) is 15.3 Å². The summed E-state index contributed by atoms with van der Waals surface area (Å²) in [6, 6.07) is 13.1. The number of carbonyl (C=O) groups is 1. The fourth-order valence-electron chi connectivity index (χ4n) is 3.98. The Morgan fingerprint density at radius 1 is 1.09 bits per heavy atom. The molecule has 0 bridgehead atoms. The monoisotopic (exact) mass is 447 g/mol. The molecule has 2 aromatic heterocycles. The van der Waals surface area contributed by atoms with Gasteiger partial charge in [0.2, 0.25) is 0 Å². The van der Waals surface area contributed by atoms with Crippen LogP contribution >= 0.6 is 0 Å². The number of methoxy groups -OCH3 is 1. The smallest absolute Gasteiger partial charge is 0.263 e. The number of ether oxygens (including phenoxy) is 2. The van der Waals surface area contributed by atoms with E-state index in [-0.39, 0.29) is 11.8 Å². The van der Waals surface area contributed by atoms with E-state index in [4.69, 9.17) is 14.5 Å². The van der Waals surface area contributed by atoms with Gasteiger partial charge in [-0.1, -0.05) is 25.1 Å². The third kappa shape index (κ3) is 5.58. The number of nitrogens with zero attached hydrogens (tertiary/aromatic N) is 4. The topological polar surface area (TPSA) is 89.5 Å². The standard InChI is InChI=1S/C25H29N5O3/c1-3-20(33-22-9-5-4-8-21(22)32-2)25(31)30-14-11-18(12-15-30)19-16-26-17-24(28-19)29-23-10-6-7-13-27-23/h4-10,13,16-18,20H,3,11-12,14-15H2,1-2H3,(H,27,28,29). The number of benzene rings is 1. The van der Waals surface area contributed by atoms with E-state index in [9.17, 15) is 4.79 Å². The molecule has 1 atom stereocenters. The van der Waals surface area contributed by atoms with Gasteiger partial charge < -0.3 is 19.7 Å². The molecule has 1 N–H and O–H groups in total. The van der Waals surface area contributed by atoms with Crippen LogP contribution in [0.3, 0.4) is 0 Å². The highest BCUT2D eigenvalue weighted by Gasteiger charge is 2.30. The number of hydrogen-bond donors (Lipinski definition) is 1. The van der Waals surface area contributed by atoms with Crippen LogP contribution in [0.1, 0.15) is 37.8 Å². The van der Waals surface area contributed by atoms with Crippen LogP contribution in [0.5, 0.6) is 11.5 Å². The molecule has 0 saturated carbocycles. The maximum Gasteiger partial charge on any atom is 0.263 e. The van der Waals surface area contributed by atoms with Crippen LogP contribution < -0.4 is 14.8 Å². The number of likely N-dealkylation sites (tertiary alicyclic amines) is 1. The van der Waals surface area contributed by atoms with E-state index in [0.717, 1.165) is 24.4 Å². The molecule has 3 heterocycles. The summed E-state index contributed by atoms with van der Waals surface area (Å²) in [5.41, 5.74) is 0.931. The van der Waals surface area contributed by atoms with Gasteiger partial charge in [0.25, 0.3) is 5.91 Å². The average molecular weight is 448 g/mol. The number of nitrogens with one attached hydrogen (secondary N) is 1. The van der Waals surface area contributed by atoms with Gasteiger partial charge in [0, 0.05) is 31.4 Å². The first kappa shape index (κ1) is 22.5. The molecule has 0 spiro atoms. The SMILES string of the molecule is CCC(Oc1ccccc1OC)C(=O)N1CCC(c2cncc(Nc3ccccn3)n2)CC1. The van der Waals surface area contributed by atoms with Gasteiger partial charge in [-0.15, -0.1) is 0 Å². The van der Waals surface area contributed by atoms with Crippen LogP contribution in [0.25, 0.3) is 0 Å². The predicted octanol–water partition coefficient (Wildman–Crippen LogP) is 4.19. The predicted molar refractivity (Wildman–Crippen MR) is 126 cm³/mol. The average Bonchev–Trinajstić information content (AvgIpc) is 2.88. The molecule has 8 heteroatoms. The third-order valence-corrected chi connectivity index (χ3v) is 5.78. The van der Waals surface area contributed by atoms with Crippen molar-refractivity contribution < 1.29 is 14.3 Å². The molecule has 1 aromatic carbocycles. The summed E-state index contributed by atoms with van der Waals surface area (Å²) in [5.74, 6) is 2.87. The summed E-state index contributed by atoms with van der Waals surface area (Å²) in [6.07, 6.45) is 6.95. The van der Waals surface area contributed by atoms with Gasteiger partial charge >= 0.3 is 0 Å². The van der Waals surface area contributed by atoms with E-state index >= 15 is 0 Å². The van der Waals surface area contributed by atoms with Gasteiger partial charge in [0.1, 0.15) is 11.6 Å². The lowest BCUT2D eigenvalue weighted by molar-refractivity contribution is -0.140. The molecular formula is C25H29N5O3. The summed E-state index contributed by atoms with van der Waals surface area (Å²) in [6.45, 7) is 3.28. The molecule has 1 aliphatic rings. The summed E-state index contributed by atoms with van der Waals surface area (Å²) in [7, 11) is 1.60. The fourth-order valence-corrected chi connectivity index (χ4v) is 3.98. The lowest BCUT2D eigenvalue weighted by Crippen LogP contribution is -2.45. The third-order valence-electron chi connectivity index (χ3n) is 5.78. The van der Waals surface area contributed by atoms with Gasteiger partial charge in [0.05, 0.1) is 19.0 Å². The Morgan fingerprint density at radius 2 is 1.85 bits per heavy atom. The molecule has 1 amide bonds. The summed E-state index contributed by atoms with van der Waals surface area (Å²) in [5, 5.41) is 3.19. The number of pyridine rings is 1. The maximum absolute atomic E-state index is 13.1. The van der Waals surface area contributed by atoms with Crippen molar-refractivity contribution in [3.8, 4) is 11.5 Å². The minimum Gasteiger partial charge on any atom is -0.493 e. The molecule has 1 unspecified atom stereocenters. The second-order valence-corrected chi connectivity index (χ2v) is 7.93. The number of piperidine rings is 1. The number of rotatable bonds is 8. The van der Waals surface area contributed by atoms with Crippen molar-refractivity contribution in [1.29, 1.82) is 0 Å². The number of anilines is 2. The number of amides is 1. The molecule has 0 aliphatic carbocycles. The van der Waals surface area contributed by atoms with E-state index in [1.165, 1.54) is 0 Å². The fraction of sp³-hybridized carbons (Fsp3) is 0.360. The molecule has 172 valence electrons. The van der Waals surface area contributed by atoms with Crippen molar-refractivity contribution in [2.24, 2.45) is 0 Å². The highest BCUT2D eigenvalue weighted by molar-refractivity contribution is 5.81. The van der Waals surface area contributed by atoms with Gasteiger partial charge in [-0.05, 0) is 43.5 Å². The minimum atomic E-state index is -0.538. The molecule has 33 heavy (non-hydrogen) atoms. The number of hydrogen-bond acceptors (Lipinski definition) is 7. The Bertz CT molecular complexity index is 1050. The molecule has 1 aliphatic heterocycles. The quantitative estimate of drug-likeness (QED) is 0.554. The highest BCUT2D eigenvalue weighted by atomic mass is 16.5. The number of aromatic nitrogens is 3. The van der Waals surface area contributed by atoms with Crippen molar-refractivity contribution >= 4 is 17.5 Å². The Balaban J connectivity index is 1.36. The van der Waals surface area contributed by atoms with Crippen molar-refractivity contribution in [3.63, 3.8) is 0 Å². The van der Waals surface area contributed by atoms with Crippen LogP contribution in [0.15, 0.2) is 61.1 Å². The summed E-state index contributed by atoms with van der Waals surface area (Å²) >= 11 is 0. The summed E-state index contributed by atoms with van der Waals surface area (Å²) < 4.78 is 11.4. The minimum absolute atomic E-state index is 0.0125. The number of carbonyl (C=O) groups excluding carboxylic acids is 1.